The molecule has 4 aromatic carbocycles. The molecule has 0 radical (unpaired) electrons. The first kappa shape index (κ1) is 33.5. The fourth-order valence-corrected chi connectivity index (χ4v) is 6.35. The molecule has 4 rings (SSSR count). The molecule has 0 N–H and O–H groups in total. The average molecular weight is 625 g/mol. The van der Waals surface area contributed by atoms with Crippen molar-refractivity contribution >= 4 is 27.0 Å². The molecule has 0 amide bonds. The fraction of sp³-hybridized carbons (Fsp3) is 0.242. The molecule has 0 saturated carbocycles. The van der Waals surface area contributed by atoms with Crippen molar-refractivity contribution in [3.8, 4) is 17.2 Å². The number of hydrogen-bond acceptors (Lipinski definition) is 8. The highest BCUT2D eigenvalue weighted by molar-refractivity contribution is 7.97. The number of aryl methyl sites for hydroxylation is 1. The molecule has 0 saturated heterocycles. The van der Waals surface area contributed by atoms with Gasteiger partial charge in [0.15, 0.2) is 21.3 Å². The molecule has 8 nitrogen and oxygen atoms in total. The Labute approximate surface area is 256 Å². The minimum absolute atomic E-state index is 0.131. The van der Waals surface area contributed by atoms with Gasteiger partial charge in [0.05, 0.1) is 30.0 Å². The van der Waals surface area contributed by atoms with Gasteiger partial charge >= 0.3 is 5.97 Å². The standard InChI is InChI=1S/C26H29O5S.C7H8O3S/c1-26(2,3)31-25(27)18-30-19-12-14-22(15-13-19)32(23-10-6-8-20(16-23)28-4)24-11-7-9-21(17-24)29-5;1-6-2-4-7(5-3-6)11(8,9)10/h6-17H,18H2,1-5H3;2-5H,1H3,(H,8,9,10)/q+1;/p-1. The van der Waals surface area contributed by atoms with Crippen LogP contribution >= 0.6 is 0 Å². The number of carbonyl (C=O) groups is 1. The van der Waals surface area contributed by atoms with E-state index in [1.165, 1.54) is 12.1 Å². The predicted molar refractivity (Wildman–Crippen MR) is 165 cm³/mol. The van der Waals surface area contributed by atoms with Gasteiger partial charge in [-0.3, -0.25) is 0 Å². The smallest absolute Gasteiger partial charge is 0.344 e. The predicted octanol–water partition coefficient (Wildman–Crippen LogP) is 6.42. The van der Waals surface area contributed by atoms with E-state index in [0.29, 0.717) is 5.75 Å². The van der Waals surface area contributed by atoms with Gasteiger partial charge in [-0.25, -0.2) is 13.2 Å². The Morgan fingerprint density at radius 1 is 0.744 bits per heavy atom. The van der Waals surface area contributed by atoms with Gasteiger partial charge in [-0.15, -0.1) is 0 Å². The molecule has 0 heterocycles. The van der Waals surface area contributed by atoms with Crippen molar-refractivity contribution in [2.75, 3.05) is 20.8 Å². The van der Waals surface area contributed by atoms with Crippen molar-refractivity contribution in [1.82, 2.24) is 0 Å². The molecule has 0 bridgehead atoms. The van der Waals surface area contributed by atoms with Gasteiger partial charge in [-0.05, 0) is 88.4 Å². The van der Waals surface area contributed by atoms with Gasteiger partial charge in [-0.1, -0.05) is 29.8 Å². The summed E-state index contributed by atoms with van der Waals surface area (Å²) in [5.41, 5.74) is 0.393. The zero-order chi connectivity index (χ0) is 31.6. The maximum atomic E-state index is 11.9. The second-order valence-electron chi connectivity index (χ2n) is 10.3. The zero-order valence-electron chi connectivity index (χ0n) is 25.0. The molecule has 0 unspecified atom stereocenters. The van der Waals surface area contributed by atoms with Crippen molar-refractivity contribution in [2.45, 2.75) is 52.9 Å². The van der Waals surface area contributed by atoms with E-state index in [-0.39, 0.29) is 22.4 Å². The number of esters is 1. The van der Waals surface area contributed by atoms with E-state index in [9.17, 15) is 17.8 Å². The van der Waals surface area contributed by atoms with Crippen molar-refractivity contribution in [2.24, 2.45) is 0 Å². The SMILES string of the molecule is COc1cccc([S+](c2ccc(OCC(=O)OC(C)(C)C)cc2)c2cccc(OC)c2)c1.Cc1ccc(S(=O)(=O)[O-])cc1. The van der Waals surface area contributed by atoms with Crippen LogP contribution in [0.4, 0.5) is 0 Å². The summed E-state index contributed by atoms with van der Waals surface area (Å²) in [4.78, 5) is 15.1. The lowest BCUT2D eigenvalue weighted by Gasteiger charge is -2.19. The Bertz CT molecular complexity index is 1550. The second kappa shape index (κ2) is 15.0. The Morgan fingerprint density at radius 2 is 1.26 bits per heavy atom. The van der Waals surface area contributed by atoms with Gasteiger partial charge in [0, 0.05) is 12.1 Å². The molecule has 10 heteroatoms. The molecular weight excluding hydrogens is 588 g/mol. The summed E-state index contributed by atoms with van der Waals surface area (Å²) < 4.78 is 53.0. The average Bonchev–Trinajstić information content (AvgIpc) is 2.96. The van der Waals surface area contributed by atoms with Crippen LogP contribution in [0.3, 0.4) is 0 Å². The van der Waals surface area contributed by atoms with Crippen LogP contribution in [0.1, 0.15) is 26.3 Å². The largest absolute Gasteiger partial charge is 0.744 e. The van der Waals surface area contributed by atoms with E-state index in [1.54, 1.807) is 26.4 Å². The van der Waals surface area contributed by atoms with Crippen LogP contribution in [0.5, 0.6) is 17.2 Å². The minimum Gasteiger partial charge on any atom is -0.744 e. The van der Waals surface area contributed by atoms with E-state index in [0.717, 1.165) is 31.7 Å². The molecular formula is C33H36O8S2. The highest BCUT2D eigenvalue weighted by Crippen LogP contribution is 2.35. The lowest BCUT2D eigenvalue weighted by molar-refractivity contribution is -0.157. The summed E-state index contributed by atoms with van der Waals surface area (Å²) >= 11 is 0. The Hall–Kier alpha value is -3.99. The van der Waals surface area contributed by atoms with Gasteiger partial charge in [-0.2, -0.15) is 0 Å². The summed E-state index contributed by atoms with van der Waals surface area (Å²) in [6, 6.07) is 29.7. The summed E-state index contributed by atoms with van der Waals surface area (Å²) in [5, 5.41) is 0. The molecule has 43 heavy (non-hydrogen) atoms. The number of rotatable bonds is 9. The monoisotopic (exact) mass is 624 g/mol. The van der Waals surface area contributed by atoms with E-state index >= 15 is 0 Å². The van der Waals surface area contributed by atoms with Crippen molar-refractivity contribution < 1.29 is 36.7 Å². The molecule has 0 spiro atoms. The molecule has 0 aliphatic heterocycles. The van der Waals surface area contributed by atoms with Crippen LogP contribution in [0, 0.1) is 6.92 Å². The second-order valence-corrected chi connectivity index (χ2v) is 13.7. The maximum Gasteiger partial charge on any atom is 0.344 e. The number of benzene rings is 4. The first-order chi connectivity index (χ1) is 20.3. The topological polar surface area (TPSA) is 111 Å². The van der Waals surface area contributed by atoms with E-state index in [2.05, 4.69) is 24.3 Å². The first-order valence-electron chi connectivity index (χ1n) is 13.3. The lowest BCUT2D eigenvalue weighted by atomic mass is 10.2. The van der Waals surface area contributed by atoms with Crippen molar-refractivity contribution in [3.63, 3.8) is 0 Å². The molecule has 0 fully saturated rings. The van der Waals surface area contributed by atoms with Crippen LogP contribution in [0.15, 0.2) is 117 Å². The van der Waals surface area contributed by atoms with E-state index < -0.39 is 21.7 Å². The maximum absolute atomic E-state index is 11.9. The number of hydrogen-bond donors (Lipinski definition) is 0. The summed E-state index contributed by atoms with van der Waals surface area (Å²) in [5.74, 6) is 1.83. The molecule has 228 valence electrons. The van der Waals surface area contributed by atoms with Crippen LogP contribution in [0.2, 0.25) is 0 Å². The van der Waals surface area contributed by atoms with E-state index in [1.807, 2.05) is 76.2 Å². The van der Waals surface area contributed by atoms with Gasteiger partial charge < -0.3 is 23.5 Å². The van der Waals surface area contributed by atoms with Crippen molar-refractivity contribution in [1.29, 1.82) is 0 Å². The summed E-state index contributed by atoms with van der Waals surface area (Å²) in [7, 11) is -1.32. The molecule has 0 atom stereocenters. The van der Waals surface area contributed by atoms with E-state index in [4.69, 9.17) is 18.9 Å². The number of methoxy groups -OCH3 is 2. The van der Waals surface area contributed by atoms with Gasteiger partial charge in [0.2, 0.25) is 0 Å². The third-order valence-electron chi connectivity index (χ3n) is 5.70. The zero-order valence-corrected chi connectivity index (χ0v) is 26.7. The number of ether oxygens (including phenoxy) is 4. The van der Waals surface area contributed by atoms with Crippen LogP contribution in [-0.4, -0.2) is 45.4 Å². The van der Waals surface area contributed by atoms with Gasteiger partial charge in [0.1, 0.15) is 33.0 Å². The Balaban J connectivity index is 0.000000386. The Morgan fingerprint density at radius 3 is 1.70 bits per heavy atom. The third kappa shape index (κ3) is 10.7. The fourth-order valence-electron chi connectivity index (χ4n) is 3.75. The molecule has 0 aromatic heterocycles. The summed E-state index contributed by atoms with van der Waals surface area (Å²) in [6.07, 6.45) is 0. The van der Waals surface area contributed by atoms with Crippen LogP contribution in [0.25, 0.3) is 0 Å². The summed E-state index contributed by atoms with van der Waals surface area (Å²) in [6.45, 7) is 7.18. The highest BCUT2D eigenvalue weighted by atomic mass is 32.2. The third-order valence-corrected chi connectivity index (χ3v) is 8.74. The Kier molecular flexibility index (Phi) is 11.7. The van der Waals surface area contributed by atoms with Crippen molar-refractivity contribution in [3.05, 3.63) is 103 Å². The highest BCUT2D eigenvalue weighted by Gasteiger charge is 2.30. The van der Waals surface area contributed by atoms with Crippen LogP contribution < -0.4 is 14.2 Å². The first-order valence-corrected chi connectivity index (χ1v) is 15.9. The quantitative estimate of drug-likeness (QED) is 0.119. The minimum atomic E-state index is -4.27. The number of carbonyl (C=O) groups excluding carboxylic acids is 1. The van der Waals surface area contributed by atoms with Gasteiger partial charge in [0.25, 0.3) is 0 Å². The molecule has 4 aromatic rings. The molecule has 0 aliphatic rings. The normalized spacial score (nSPS) is 11.3. The van der Waals surface area contributed by atoms with Crippen LogP contribution in [-0.2, 0) is 30.5 Å². The lowest BCUT2D eigenvalue weighted by Crippen LogP contribution is -2.27. The molecule has 0 aliphatic carbocycles.